The fourth-order valence-electron chi connectivity index (χ4n) is 1.77. The highest BCUT2D eigenvalue weighted by Gasteiger charge is 2.21. The van der Waals surface area contributed by atoms with E-state index in [0.29, 0.717) is 5.69 Å². The van der Waals surface area contributed by atoms with Gasteiger partial charge in [0.05, 0.1) is 5.02 Å². The number of anilines is 1. The Morgan fingerprint density at radius 3 is 2.63 bits per heavy atom. The number of benzene rings is 1. The number of nitrogens with two attached hydrogens (primary N) is 1. The summed E-state index contributed by atoms with van der Waals surface area (Å²) in [6, 6.07) is 2.86. The number of hydrogen-bond donors (Lipinski definition) is 2. The molecule has 0 aliphatic heterocycles. The monoisotopic (exact) mass is 304 g/mol. The van der Waals surface area contributed by atoms with Gasteiger partial charge >= 0.3 is 0 Å². The molecule has 0 saturated heterocycles. The summed E-state index contributed by atoms with van der Waals surface area (Å²) in [6.45, 7) is 5.70. The highest BCUT2D eigenvalue weighted by Crippen LogP contribution is 2.26. The van der Waals surface area contributed by atoms with Crippen molar-refractivity contribution in [2.45, 2.75) is 51.0 Å². The van der Waals surface area contributed by atoms with Gasteiger partial charge in [0.15, 0.2) is 0 Å². The van der Waals surface area contributed by atoms with Crippen LogP contribution in [0.2, 0.25) is 5.02 Å². The van der Waals surface area contributed by atoms with Gasteiger partial charge in [-0.25, -0.2) is 13.1 Å². The average Bonchev–Trinajstić information content (AvgIpc) is 2.30. The van der Waals surface area contributed by atoms with Crippen LogP contribution in [0.4, 0.5) is 5.69 Å². The number of halogens is 1. The molecule has 108 valence electrons. The molecule has 1 aromatic rings. The zero-order valence-electron chi connectivity index (χ0n) is 11.5. The van der Waals surface area contributed by atoms with Gasteiger partial charge in [-0.05, 0) is 38.0 Å². The summed E-state index contributed by atoms with van der Waals surface area (Å²) in [5.74, 6) is 0. The molecule has 0 aliphatic carbocycles. The molecule has 0 heterocycles. The van der Waals surface area contributed by atoms with Crippen LogP contribution >= 0.6 is 11.6 Å². The number of rotatable bonds is 6. The summed E-state index contributed by atoms with van der Waals surface area (Å²) in [5, 5.41) is 0.196. The van der Waals surface area contributed by atoms with Gasteiger partial charge in [0.25, 0.3) is 0 Å². The summed E-state index contributed by atoms with van der Waals surface area (Å²) in [6.07, 6.45) is 2.81. The lowest BCUT2D eigenvalue weighted by Gasteiger charge is -2.15. The smallest absolute Gasteiger partial charge is 0.242 e. The first-order valence-corrected chi connectivity index (χ1v) is 8.22. The van der Waals surface area contributed by atoms with Crippen LogP contribution in [-0.4, -0.2) is 14.5 Å². The van der Waals surface area contributed by atoms with Gasteiger partial charge in [-0.2, -0.15) is 0 Å². The van der Waals surface area contributed by atoms with E-state index in [9.17, 15) is 8.42 Å². The summed E-state index contributed by atoms with van der Waals surface area (Å²) >= 11 is 6.00. The first kappa shape index (κ1) is 16.3. The molecule has 0 amide bonds. The number of hydrogen-bond acceptors (Lipinski definition) is 3. The first-order valence-electron chi connectivity index (χ1n) is 6.36. The fourth-order valence-corrected chi connectivity index (χ4v) is 3.67. The van der Waals surface area contributed by atoms with E-state index in [4.69, 9.17) is 17.3 Å². The van der Waals surface area contributed by atoms with E-state index in [0.717, 1.165) is 24.8 Å². The van der Waals surface area contributed by atoms with Gasteiger partial charge in [0.1, 0.15) is 4.90 Å². The van der Waals surface area contributed by atoms with Crippen LogP contribution in [0.3, 0.4) is 0 Å². The van der Waals surface area contributed by atoms with Gasteiger partial charge < -0.3 is 5.73 Å². The molecule has 4 nitrogen and oxygen atoms in total. The zero-order valence-corrected chi connectivity index (χ0v) is 13.1. The summed E-state index contributed by atoms with van der Waals surface area (Å²) in [5.41, 5.74) is 6.94. The minimum absolute atomic E-state index is 0.0422. The molecule has 0 aromatic heterocycles. The normalized spacial score (nSPS) is 13.5. The van der Waals surface area contributed by atoms with Crippen molar-refractivity contribution in [3.8, 4) is 0 Å². The standard InChI is InChI=1S/C13H21ClN2O2S/c1-4-5-6-10(3)16-19(17,18)13-8-12(15)9(2)7-11(13)14/h7-8,10,16H,4-6,15H2,1-3H3. The topological polar surface area (TPSA) is 72.2 Å². The van der Waals surface area contributed by atoms with Crippen LogP contribution in [-0.2, 0) is 10.0 Å². The molecular weight excluding hydrogens is 284 g/mol. The van der Waals surface area contributed by atoms with Gasteiger partial charge in [0.2, 0.25) is 10.0 Å². The Morgan fingerprint density at radius 1 is 1.42 bits per heavy atom. The van der Waals surface area contributed by atoms with Crippen molar-refractivity contribution >= 4 is 27.3 Å². The van der Waals surface area contributed by atoms with Gasteiger partial charge in [-0.3, -0.25) is 0 Å². The molecule has 19 heavy (non-hydrogen) atoms. The highest BCUT2D eigenvalue weighted by atomic mass is 35.5. The van der Waals surface area contributed by atoms with Crippen molar-refractivity contribution in [3.63, 3.8) is 0 Å². The van der Waals surface area contributed by atoms with E-state index >= 15 is 0 Å². The first-order chi connectivity index (χ1) is 8.77. The highest BCUT2D eigenvalue weighted by molar-refractivity contribution is 7.89. The van der Waals surface area contributed by atoms with E-state index in [-0.39, 0.29) is 16.0 Å². The number of nitrogen functional groups attached to an aromatic ring is 1. The lowest BCUT2D eigenvalue weighted by Crippen LogP contribution is -2.32. The third-order valence-corrected chi connectivity index (χ3v) is 5.01. The molecule has 0 bridgehead atoms. The Hall–Kier alpha value is -0.780. The van der Waals surface area contributed by atoms with E-state index in [1.807, 2.05) is 6.92 Å². The predicted octanol–water partition coefficient (Wildman–Crippen LogP) is 3.09. The second kappa shape index (κ2) is 6.59. The van der Waals surface area contributed by atoms with Crippen molar-refractivity contribution in [3.05, 3.63) is 22.7 Å². The van der Waals surface area contributed by atoms with Gasteiger partial charge in [0, 0.05) is 11.7 Å². The van der Waals surface area contributed by atoms with E-state index in [1.54, 1.807) is 13.0 Å². The number of sulfonamides is 1. The summed E-state index contributed by atoms with van der Waals surface area (Å²) in [7, 11) is -3.62. The molecule has 6 heteroatoms. The molecular formula is C13H21ClN2O2S. The third-order valence-electron chi connectivity index (χ3n) is 2.96. The van der Waals surface area contributed by atoms with Crippen molar-refractivity contribution < 1.29 is 8.42 Å². The minimum atomic E-state index is -3.62. The maximum atomic E-state index is 12.2. The van der Waals surface area contributed by atoms with E-state index in [2.05, 4.69) is 11.6 Å². The summed E-state index contributed by atoms with van der Waals surface area (Å²) in [4.78, 5) is 0.0422. The quantitative estimate of drug-likeness (QED) is 0.793. The Balaban J connectivity index is 2.98. The summed E-state index contributed by atoms with van der Waals surface area (Å²) < 4.78 is 27.1. The predicted molar refractivity (Wildman–Crippen MR) is 79.9 cm³/mol. The lowest BCUT2D eigenvalue weighted by molar-refractivity contribution is 0.534. The van der Waals surface area contributed by atoms with Crippen LogP contribution in [0.15, 0.2) is 17.0 Å². The third kappa shape index (κ3) is 4.37. The number of aryl methyl sites for hydroxylation is 1. The van der Waals surface area contributed by atoms with Crippen molar-refractivity contribution in [2.24, 2.45) is 0 Å². The second-order valence-electron chi connectivity index (χ2n) is 4.80. The largest absolute Gasteiger partial charge is 0.398 e. The minimum Gasteiger partial charge on any atom is -0.398 e. The van der Waals surface area contributed by atoms with Gasteiger partial charge in [-0.1, -0.05) is 31.4 Å². The zero-order chi connectivity index (χ0) is 14.6. The number of nitrogens with one attached hydrogen (secondary N) is 1. The molecule has 3 N–H and O–H groups in total. The molecule has 0 radical (unpaired) electrons. The molecule has 0 spiro atoms. The second-order valence-corrected chi connectivity index (χ2v) is 6.89. The maximum absolute atomic E-state index is 12.2. The van der Waals surface area contributed by atoms with Crippen LogP contribution < -0.4 is 10.5 Å². The molecule has 1 rings (SSSR count). The Labute approximate surface area is 120 Å². The van der Waals surface area contributed by atoms with E-state index < -0.39 is 10.0 Å². The SMILES string of the molecule is CCCCC(C)NS(=O)(=O)c1cc(N)c(C)cc1Cl. The van der Waals surface area contributed by atoms with Crippen LogP contribution in [0.25, 0.3) is 0 Å². The van der Waals surface area contributed by atoms with Gasteiger partial charge in [-0.15, -0.1) is 0 Å². The molecule has 0 aliphatic rings. The van der Waals surface area contributed by atoms with Crippen LogP contribution in [0, 0.1) is 6.92 Å². The number of unbranched alkanes of at least 4 members (excludes halogenated alkanes) is 1. The molecule has 0 saturated carbocycles. The van der Waals surface area contributed by atoms with Crippen molar-refractivity contribution in [2.75, 3.05) is 5.73 Å². The Kier molecular flexibility index (Phi) is 5.64. The average molecular weight is 305 g/mol. The molecule has 1 aromatic carbocycles. The lowest BCUT2D eigenvalue weighted by atomic mass is 10.2. The van der Waals surface area contributed by atoms with Crippen LogP contribution in [0.5, 0.6) is 0 Å². The molecule has 0 fully saturated rings. The Morgan fingerprint density at radius 2 is 2.05 bits per heavy atom. The van der Waals surface area contributed by atoms with Crippen molar-refractivity contribution in [1.29, 1.82) is 0 Å². The van der Waals surface area contributed by atoms with Crippen LogP contribution in [0.1, 0.15) is 38.7 Å². The maximum Gasteiger partial charge on any atom is 0.242 e. The van der Waals surface area contributed by atoms with Crippen molar-refractivity contribution in [1.82, 2.24) is 4.72 Å². The Bertz CT molecular complexity index is 544. The molecule has 1 atom stereocenters. The fraction of sp³-hybridized carbons (Fsp3) is 0.538. The van der Waals surface area contributed by atoms with E-state index in [1.165, 1.54) is 6.07 Å². The molecule has 1 unspecified atom stereocenters.